The van der Waals surface area contributed by atoms with E-state index in [9.17, 15) is 19.2 Å². The number of carbonyl (C=O) groups excluding carboxylic acids is 2. The summed E-state index contributed by atoms with van der Waals surface area (Å²) in [5.74, 6) is -2.69. The topological polar surface area (TPSA) is 127 Å². The van der Waals surface area contributed by atoms with E-state index in [-0.39, 0.29) is 32.1 Å². The van der Waals surface area contributed by atoms with Crippen molar-refractivity contribution >= 4 is 23.9 Å². The van der Waals surface area contributed by atoms with Crippen molar-refractivity contribution < 1.29 is 38.9 Å². The highest BCUT2D eigenvalue weighted by molar-refractivity contribution is 5.77. The predicted molar refractivity (Wildman–Crippen MR) is 62.4 cm³/mol. The van der Waals surface area contributed by atoms with Crippen LogP contribution in [0.4, 0.5) is 0 Å². The average molecular weight is 278 g/mol. The van der Waals surface area contributed by atoms with Gasteiger partial charge in [-0.3, -0.25) is 19.2 Å². The van der Waals surface area contributed by atoms with Crippen LogP contribution < -0.4 is 0 Å². The Morgan fingerprint density at radius 1 is 0.737 bits per heavy atom. The first-order valence-corrected chi connectivity index (χ1v) is 5.40. The minimum absolute atomic E-state index is 0.0632. The summed E-state index contributed by atoms with van der Waals surface area (Å²) in [7, 11) is 2.55. The Kier molecular flexibility index (Phi) is 12.5. The van der Waals surface area contributed by atoms with E-state index in [1.165, 1.54) is 14.2 Å². The van der Waals surface area contributed by atoms with E-state index in [2.05, 4.69) is 9.47 Å². The molecule has 0 saturated carbocycles. The highest BCUT2D eigenvalue weighted by Crippen LogP contribution is 1.93. The largest absolute Gasteiger partial charge is 0.481 e. The maximum absolute atomic E-state index is 10.4. The van der Waals surface area contributed by atoms with Gasteiger partial charge >= 0.3 is 23.9 Å². The average Bonchev–Trinajstić information content (AvgIpc) is 2.35. The van der Waals surface area contributed by atoms with Crippen molar-refractivity contribution in [3.63, 3.8) is 0 Å². The predicted octanol–water partition coefficient (Wildman–Crippen LogP) is 0.438. The van der Waals surface area contributed by atoms with E-state index in [4.69, 9.17) is 10.2 Å². The molecule has 0 aromatic rings. The monoisotopic (exact) mass is 278 g/mol. The van der Waals surface area contributed by atoms with Crippen molar-refractivity contribution in [1.82, 2.24) is 0 Å². The standard InChI is InChI=1S/C6H10O4.C5H8O4/c1-9-5(7)3-4-6(8)10-2;6-4(7)2-1-3-5(8)9/h3-4H2,1-2H3;1-3H2,(H,6,7)(H,8,9). The number of carboxylic acid groups (broad SMARTS) is 2. The molecule has 0 fully saturated rings. The van der Waals surface area contributed by atoms with Crippen LogP contribution in [0.3, 0.4) is 0 Å². The molecule has 0 aromatic heterocycles. The number of rotatable bonds is 7. The Morgan fingerprint density at radius 3 is 1.26 bits per heavy atom. The molecule has 0 radical (unpaired) electrons. The van der Waals surface area contributed by atoms with Crippen LogP contribution in [0.5, 0.6) is 0 Å². The molecule has 8 nitrogen and oxygen atoms in total. The van der Waals surface area contributed by atoms with Crippen LogP contribution in [0.1, 0.15) is 32.1 Å². The lowest BCUT2D eigenvalue weighted by atomic mass is 10.2. The molecule has 0 bridgehead atoms. The summed E-state index contributed by atoms with van der Waals surface area (Å²) in [4.78, 5) is 40.4. The second-order valence-corrected chi connectivity index (χ2v) is 3.29. The summed E-state index contributed by atoms with van der Waals surface area (Å²) in [5, 5.41) is 16.1. The van der Waals surface area contributed by atoms with Gasteiger partial charge in [0.1, 0.15) is 0 Å². The van der Waals surface area contributed by atoms with Gasteiger partial charge in [0, 0.05) is 12.8 Å². The number of methoxy groups -OCH3 is 2. The third-order valence-electron chi connectivity index (χ3n) is 1.77. The Labute approximate surface area is 110 Å². The molecule has 0 saturated heterocycles. The van der Waals surface area contributed by atoms with Crippen LogP contribution in [-0.4, -0.2) is 48.3 Å². The third-order valence-corrected chi connectivity index (χ3v) is 1.77. The minimum Gasteiger partial charge on any atom is -0.481 e. The number of aliphatic carboxylic acids is 2. The molecule has 0 aliphatic rings. The van der Waals surface area contributed by atoms with Gasteiger partial charge in [0.15, 0.2) is 0 Å². The molecule has 8 heteroatoms. The quantitative estimate of drug-likeness (QED) is 0.642. The Balaban J connectivity index is 0. The zero-order valence-corrected chi connectivity index (χ0v) is 10.9. The molecular weight excluding hydrogens is 260 g/mol. The molecule has 0 rings (SSSR count). The fourth-order valence-corrected chi connectivity index (χ4v) is 0.799. The molecule has 0 heterocycles. The van der Waals surface area contributed by atoms with E-state index >= 15 is 0 Å². The number of carbonyl (C=O) groups is 4. The maximum atomic E-state index is 10.4. The zero-order chi connectivity index (χ0) is 15.3. The zero-order valence-electron chi connectivity index (χ0n) is 10.9. The maximum Gasteiger partial charge on any atom is 0.306 e. The van der Waals surface area contributed by atoms with Crippen molar-refractivity contribution in [1.29, 1.82) is 0 Å². The number of hydrogen-bond acceptors (Lipinski definition) is 6. The van der Waals surface area contributed by atoms with Gasteiger partial charge in [-0.15, -0.1) is 0 Å². The molecule has 0 aliphatic heterocycles. The van der Waals surface area contributed by atoms with Crippen LogP contribution >= 0.6 is 0 Å². The highest BCUT2D eigenvalue weighted by Gasteiger charge is 2.05. The number of esters is 2. The molecule has 0 unspecified atom stereocenters. The van der Waals surface area contributed by atoms with E-state index in [0.29, 0.717) is 0 Å². The Morgan fingerprint density at radius 2 is 1.05 bits per heavy atom. The normalized spacial score (nSPS) is 8.74. The van der Waals surface area contributed by atoms with Crippen LogP contribution in [0.2, 0.25) is 0 Å². The lowest BCUT2D eigenvalue weighted by Crippen LogP contribution is -2.06. The molecule has 0 aliphatic carbocycles. The SMILES string of the molecule is COC(=O)CCC(=O)OC.O=C(O)CCCC(=O)O. The summed E-state index contributed by atoms with van der Waals surface area (Å²) >= 11 is 0. The lowest BCUT2D eigenvalue weighted by Gasteiger charge is -1.96. The Hall–Kier alpha value is -2.12. The summed E-state index contributed by atoms with van der Waals surface area (Å²) in [6, 6.07) is 0. The van der Waals surface area contributed by atoms with Crippen molar-refractivity contribution in [2.24, 2.45) is 0 Å². The number of ether oxygens (including phenoxy) is 2. The number of carboxylic acids is 2. The smallest absolute Gasteiger partial charge is 0.306 e. The number of hydrogen-bond donors (Lipinski definition) is 2. The molecule has 0 aromatic carbocycles. The van der Waals surface area contributed by atoms with Gasteiger partial charge < -0.3 is 19.7 Å². The highest BCUT2D eigenvalue weighted by atomic mass is 16.5. The van der Waals surface area contributed by atoms with E-state index in [1.54, 1.807) is 0 Å². The lowest BCUT2D eigenvalue weighted by molar-refractivity contribution is -0.147. The van der Waals surface area contributed by atoms with Crippen LogP contribution in [-0.2, 0) is 28.7 Å². The summed E-state index contributed by atoms with van der Waals surface area (Å²) < 4.78 is 8.60. The molecule has 0 atom stereocenters. The van der Waals surface area contributed by atoms with E-state index in [0.717, 1.165) is 0 Å². The van der Waals surface area contributed by atoms with Gasteiger partial charge in [0.2, 0.25) is 0 Å². The van der Waals surface area contributed by atoms with Gasteiger partial charge in [0.25, 0.3) is 0 Å². The van der Waals surface area contributed by atoms with Crippen molar-refractivity contribution in [2.75, 3.05) is 14.2 Å². The van der Waals surface area contributed by atoms with Gasteiger partial charge in [-0.25, -0.2) is 0 Å². The van der Waals surface area contributed by atoms with Crippen LogP contribution in [0.25, 0.3) is 0 Å². The van der Waals surface area contributed by atoms with Crippen molar-refractivity contribution in [3.8, 4) is 0 Å². The van der Waals surface area contributed by atoms with Gasteiger partial charge in [-0.2, -0.15) is 0 Å². The Bertz CT molecular complexity index is 280. The fourth-order valence-electron chi connectivity index (χ4n) is 0.799. The van der Waals surface area contributed by atoms with E-state index < -0.39 is 23.9 Å². The summed E-state index contributed by atoms with van der Waals surface area (Å²) in [6.07, 6.45) is 0.260. The molecule has 0 spiro atoms. The molecule has 110 valence electrons. The third kappa shape index (κ3) is 18.4. The second-order valence-electron chi connectivity index (χ2n) is 3.29. The van der Waals surface area contributed by atoms with Gasteiger partial charge in [0.05, 0.1) is 27.1 Å². The van der Waals surface area contributed by atoms with Crippen molar-refractivity contribution in [3.05, 3.63) is 0 Å². The van der Waals surface area contributed by atoms with E-state index in [1.807, 2.05) is 0 Å². The van der Waals surface area contributed by atoms with Crippen LogP contribution in [0.15, 0.2) is 0 Å². The summed E-state index contributed by atoms with van der Waals surface area (Å²) in [6.45, 7) is 0. The van der Waals surface area contributed by atoms with Crippen molar-refractivity contribution in [2.45, 2.75) is 32.1 Å². The van der Waals surface area contributed by atoms with Gasteiger partial charge in [-0.05, 0) is 6.42 Å². The first-order valence-electron chi connectivity index (χ1n) is 5.40. The molecule has 2 N–H and O–H groups in total. The second kappa shape index (κ2) is 12.3. The molecule has 19 heavy (non-hydrogen) atoms. The summed E-state index contributed by atoms with van der Waals surface area (Å²) in [5.41, 5.74) is 0. The first-order chi connectivity index (χ1) is 8.83. The van der Waals surface area contributed by atoms with Gasteiger partial charge in [-0.1, -0.05) is 0 Å². The molecule has 0 amide bonds. The first kappa shape index (κ1) is 19.2. The van der Waals surface area contributed by atoms with Crippen LogP contribution in [0, 0.1) is 0 Å². The minimum atomic E-state index is -0.948. The fraction of sp³-hybridized carbons (Fsp3) is 0.636. The molecular formula is C11H18O8.